The van der Waals surface area contributed by atoms with Crippen molar-refractivity contribution in [3.05, 3.63) is 24.0 Å². The van der Waals surface area contributed by atoms with E-state index < -0.39 is 0 Å². The largest absolute Gasteiger partial charge is 0.349 e. The molecule has 2 nitrogen and oxygen atoms in total. The Hall–Kier alpha value is -0.0300. The lowest BCUT2D eigenvalue weighted by atomic mass is 10.3. The Morgan fingerprint density at radius 1 is 1.40 bits per heavy atom. The molecule has 0 saturated heterocycles. The quantitative estimate of drug-likeness (QED) is 0.500. The lowest BCUT2D eigenvalue weighted by molar-refractivity contribution is 0.403. The summed E-state index contributed by atoms with van der Waals surface area (Å²) >= 11 is 2.37. The summed E-state index contributed by atoms with van der Waals surface area (Å²) in [6.45, 7) is 3.40. The molecule has 0 saturated carbocycles. The van der Waals surface area contributed by atoms with E-state index >= 15 is 0 Å². The Labute approximate surface area is 74.3 Å². The van der Waals surface area contributed by atoms with Crippen LogP contribution in [0.25, 0.3) is 0 Å². The first-order valence-corrected chi connectivity index (χ1v) is 4.37. The van der Waals surface area contributed by atoms with Crippen molar-refractivity contribution >= 4 is 22.9 Å². The van der Waals surface area contributed by atoms with Crippen LogP contribution < -0.4 is 0 Å². The molecule has 0 spiro atoms. The van der Waals surface area contributed by atoms with Crippen molar-refractivity contribution in [1.82, 2.24) is 7.68 Å². The van der Waals surface area contributed by atoms with E-state index in [-0.39, 0.29) is 0 Å². The smallest absolute Gasteiger partial charge is 0.0486 e. The van der Waals surface area contributed by atoms with Crippen LogP contribution in [0.3, 0.4) is 0 Å². The van der Waals surface area contributed by atoms with Crippen LogP contribution in [-0.4, -0.2) is 14.2 Å². The second-order valence-corrected chi connectivity index (χ2v) is 3.90. The molecule has 0 aromatic carbocycles. The van der Waals surface area contributed by atoms with E-state index in [0.717, 1.165) is 13.1 Å². The molecular weight excluding hydrogens is 239 g/mol. The van der Waals surface area contributed by atoms with Gasteiger partial charge in [0.1, 0.15) is 0 Å². The number of fused-ring (bicyclic) bond motifs is 1. The van der Waals surface area contributed by atoms with Gasteiger partial charge in [0.15, 0.2) is 0 Å². The fourth-order valence-corrected chi connectivity index (χ4v) is 1.85. The van der Waals surface area contributed by atoms with Gasteiger partial charge in [-0.2, -0.15) is 0 Å². The van der Waals surface area contributed by atoms with Crippen molar-refractivity contribution in [3.63, 3.8) is 0 Å². The third-order valence-corrected chi connectivity index (χ3v) is 2.66. The van der Waals surface area contributed by atoms with Gasteiger partial charge >= 0.3 is 0 Å². The van der Waals surface area contributed by atoms with Gasteiger partial charge in [0.25, 0.3) is 0 Å². The highest BCUT2D eigenvalue weighted by molar-refractivity contribution is 14.1. The van der Waals surface area contributed by atoms with Gasteiger partial charge in [0.05, 0.1) is 0 Å². The zero-order chi connectivity index (χ0) is 6.97. The Morgan fingerprint density at radius 2 is 2.30 bits per heavy atom. The highest BCUT2D eigenvalue weighted by Crippen LogP contribution is 2.15. The van der Waals surface area contributed by atoms with Crippen molar-refractivity contribution in [2.45, 2.75) is 13.1 Å². The molecule has 10 heavy (non-hydrogen) atoms. The molecule has 0 atom stereocenters. The standard InChI is InChI=1S/C7H9IN2/c8-10-5-4-9-3-1-2-7(9)6-10/h1-3H,4-6H2. The molecule has 2 heterocycles. The van der Waals surface area contributed by atoms with E-state index in [9.17, 15) is 0 Å². The monoisotopic (exact) mass is 248 g/mol. The molecular formula is C7H9IN2. The van der Waals surface area contributed by atoms with Crippen LogP contribution in [0, 0.1) is 0 Å². The van der Waals surface area contributed by atoms with E-state index in [1.54, 1.807) is 0 Å². The average molecular weight is 248 g/mol. The van der Waals surface area contributed by atoms with Crippen molar-refractivity contribution in [2.75, 3.05) is 6.54 Å². The van der Waals surface area contributed by atoms with Gasteiger partial charge in [-0.25, -0.2) is 3.11 Å². The van der Waals surface area contributed by atoms with Crippen LogP contribution in [0.4, 0.5) is 0 Å². The van der Waals surface area contributed by atoms with Gasteiger partial charge < -0.3 is 4.57 Å². The summed E-state index contributed by atoms with van der Waals surface area (Å²) in [4.78, 5) is 0. The third kappa shape index (κ3) is 1.08. The van der Waals surface area contributed by atoms with E-state index in [1.807, 2.05) is 0 Å². The summed E-state index contributed by atoms with van der Waals surface area (Å²) < 4.78 is 4.63. The Balaban J connectivity index is 2.30. The molecule has 1 aromatic rings. The number of hydrogen-bond donors (Lipinski definition) is 0. The number of nitrogens with zero attached hydrogens (tertiary/aromatic N) is 2. The first-order valence-electron chi connectivity index (χ1n) is 3.41. The number of halogens is 1. The molecule has 1 aliphatic heterocycles. The molecule has 0 fully saturated rings. The van der Waals surface area contributed by atoms with Crippen molar-refractivity contribution in [3.8, 4) is 0 Å². The SMILES string of the molecule is IN1CCn2cccc2C1. The lowest BCUT2D eigenvalue weighted by Crippen LogP contribution is -2.25. The molecule has 1 aliphatic rings. The molecule has 1 aromatic heterocycles. The summed E-state index contributed by atoms with van der Waals surface area (Å²) in [7, 11) is 0. The van der Waals surface area contributed by atoms with E-state index in [0.29, 0.717) is 0 Å². The Morgan fingerprint density at radius 3 is 3.20 bits per heavy atom. The molecule has 3 heteroatoms. The minimum absolute atomic E-state index is 1.09. The molecule has 2 rings (SSSR count). The molecule has 0 bridgehead atoms. The molecule has 0 aliphatic carbocycles. The minimum atomic E-state index is 1.09. The van der Waals surface area contributed by atoms with Crippen LogP contribution in [0.15, 0.2) is 18.3 Å². The number of rotatable bonds is 0. The van der Waals surface area contributed by atoms with Crippen molar-refractivity contribution < 1.29 is 0 Å². The second kappa shape index (κ2) is 2.54. The number of hydrogen-bond acceptors (Lipinski definition) is 1. The molecule has 0 amide bonds. The normalized spacial score (nSPS) is 18.9. The Bertz CT molecular complexity index is 231. The Kier molecular flexibility index (Phi) is 1.69. The van der Waals surface area contributed by atoms with Gasteiger partial charge in [-0.3, -0.25) is 0 Å². The van der Waals surface area contributed by atoms with E-state index in [2.05, 4.69) is 48.9 Å². The highest BCUT2D eigenvalue weighted by atomic mass is 127. The highest BCUT2D eigenvalue weighted by Gasteiger charge is 2.11. The predicted octanol–water partition coefficient (Wildman–Crippen LogP) is 1.65. The molecule has 0 radical (unpaired) electrons. The zero-order valence-electron chi connectivity index (χ0n) is 5.63. The maximum absolute atomic E-state index is 2.37. The topological polar surface area (TPSA) is 8.17 Å². The van der Waals surface area contributed by atoms with Crippen LogP contribution in [0.2, 0.25) is 0 Å². The zero-order valence-corrected chi connectivity index (χ0v) is 7.78. The average Bonchev–Trinajstić information content (AvgIpc) is 2.33. The number of aromatic nitrogens is 1. The van der Waals surface area contributed by atoms with Gasteiger partial charge in [0, 0.05) is 54.4 Å². The fourth-order valence-electron chi connectivity index (χ4n) is 1.28. The minimum Gasteiger partial charge on any atom is -0.349 e. The third-order valence-electron chi connectivity index (χ3n) is 1.84. The molecule has 54 valence electrons. The van der Waals surface area contributed by atoms with Crippen molar-refractivity contribution in [1.29, 1.82) is 0 Å². The first-order chi connectivity index (χ1) is 4.86. The van der Waals surface area contributed by atoms with Gasteiger partial charge in [-0.05, 0) is 12.1 Å². The summed E-state index contributed by atoms with van der Waals surface area (Å²) in [5.74, 6) is 0. The fraction of sp³-hybridized carbons (Fsp3) is 0.429. The summed E-state index contributed by atoms with van der Waals surface area (Å²) in [6, 6.07) is 4.30. The molecule has 0 unspecified atom stereocenters. The maximum Gasteiger partial charge on any atom is 0.0486 e. The van der Waals surface area contributed by atoms with Gasteiger partial charge in [-0.15, -0.1) is 0 Å². The van der Waals surface area contributed by atoms with Gasteiger partial charge in [-0.1, -0.05) is 0 Å². The summed E-state index contributed by atoms with van der Waals surface area (Å²) in [5.41, 5.74) is 1.43. The maximum atomic E-state index is 2.37. The lowest BCUT2D eigenvalue weighted by Gasteiger charge is -2.22. The van der Waals surface area contributed by atoms with E-state index in [4.69, 9.17) is 0 Å². The molecule has 0 N–H and O–H groups in total. The van der Waals surface area contributed by atoms with Crippen LogP contribution in [-0.2, 0) is 13.1 Å². The predicted molar refractivity (Wildman–Crippen MR) is 48.9 cm³/mol. The summed E-state index contributed by atoms with van der Waals surface area (Å²) in [6.07, 6.45) is 2.15. The van der Waals surface area contributed by atoms with Crippen LogP contribution in [0.5, 0.6) is 0 Å². The van der Waals surface area contributed by atoms with E-state index in [1.165, 1.54) is 12.2 Å². The van der Waals surface area contributed by atoms with Crippen molar-refractivity contribution in [2.24, 2.45) is 0 Å². The van der Waals surface area contributed by atoms with Gasteiger partial charge in [0.2, 0.25) is 0 Å². The summed E-state index contributed by atoms with van der Waals surface area (Å²) in [5, 5.41) is 0. The first kappa shape index (κ1) is 6.67. The van der Waals surface area contributed by atoms with Crippen LogP contribution >= 0.6 is 22.9 Å². The van der Waals surface area contributed by atoms with Crippen LogP contribution in [0.1, 0.15) is 5.69 Å². The second-order valence-electron chi connectivity index (χ2n) is 2.54.